The minimum atomic E-state index is -0.695. The second-order valence-electron chi connectivity index (χ2n) is 6.26. The van der Waals surface area contributed by atoms with Crippen molar-refractivity contribution in [2.24, 2.45) is 17.3 Å². The van der Waals surface area contributed by atoms with E-state index >= 15 is 0 Å². The molecule has 2 rings (SSSR count). The Bertz CT molecular complexity index is 298. The van der Waals surface area contributed by atoms with Crippen molar-refractivity contribution < 1.29 is 5.11 Å². The Kier molecular flexibility index (Phi) is 3.01. The van der Waals surface area contributed by atoms with Crippen molar-refractivity contribution in [2.45, 2.75) is 64.4 Å². The van der Waals surface area contributed by atoms with E-state index in [0.717, 1.165) is 50.9 Å². The highest BCUT2D eigenvalue weighted by Crippen LogP contribution is 2.54. The van der Waals surface area contributed by atoms with Gasteiger partial charge in [0, 0.05) is 0 Å². The van der Waals surface area contributed by atoms with Gasteiger partial charge >= 0.3 is 0 Å². The molecule has 1 N–H and O–H groups in total. The smallest absolute Gasteiger partial charge is 0.0862 e. The second-order valence-corrected chi connectivity index (χ2v) is 6.26. The molecular formula is C14H23NO. The third-order valence-corrected chi connectivity index (χ3v) is 4.97. The fourth-order valence-electron chi connectivity index (χ4n) is 3.64. The number of nitriles is 1. The summed E-state index contributed by atoms with van der Waals surface area (Å²) in [5, 5.41) is 20.3. The molecule has 16 heavy (non-hydrogen) atoms. The minimum absolute atomic E-state index is 0.438. The highest BCUT2D eigenvalue weighted by Gasteiger charge is 2.54. The summed E-state index contributed by atoms with van der Waals surface area (Å²) in [4.78, 5) is 0. The van der Waals surface area contributed by atoms with E-state index in [0.29, 0.717) is 5.92 Å². The molecule has 0 heterocycles. The van der Waals surface area contributed by atoms with Gasteiger partial charge in [-0.05, 0) is 56.8 Å². The Labute approximate surface area is 98.7 Å². The van der Waals surface area contributed by atoms with Gasteiger partial charge in [-0.25, -0.2) is 0 Å². The summed E-state index contributed by atoms with van der Waals surface area (Å²) >= 11 is 0. The predicted molar refractivity (Wildman–Crippen MR) is 63.6 cm³/mol. The lowest BCUT2D eigenvalue weighted by atomic mass is 9.63. The predicted octanol–water partition coefficient (Wildman–Crippen LogP) is 3.26. The lowest BCUT2D eigenvalue weighted by molar-refractivity contribution is -0.0887. The van der Waals surface area contributed by atoms with E-state index in [9.17, 15) is 10.4 Å². The number of hydrogen-bond acceptors (Lipinski definition) is 2. The van der Waals surface area contributed by atoms with E-state index in [1.807, 2.05) is 0 Å². The van der Waals surface area contributed by atoms with Gasteiger partial charge in [-0.1, -0.05) is 13.8 Å². The Morgan fingerprint density at radius 3 is 2.06 bits per heavy atom. The number of nitrogens with zero attached hydrogens (tertiary/aromatic N) is 1. The number of hydrogen-bond donors (Lipinski definition) is 1. The van der Waals surface area contributed by atoms with Crippen molar-refractivity contribution in [1.82, 2.24) is 0 Å². The van der Waals surface area contributed by atoms with Crippen molar-refractivity contribution in [3.8, 4) is 6.07 Å². The molecule has 0 saturated heterocycles. The molecule has 2 unspecified atom stereocenters. The summed E-state index contributed by atoms with van der Waals surface area (Å²) in [7, 11) is 0. The normalized spacial score (nSPS) is 48.9. The molecule has 90 valence electrons. The molecule has 0 aromatic rings. The van der Waals surface area contributed by atoms with Gasteiger partial charge in [0.15, 0.2) is 0 Å². The van der Waals surface area contributed by atoms with Gasteiger partial charge in [0.25, 0.3) is 0 Å². The van der Waals surface area contributed by atoms with Gasteiger partial charge in [-0.3, -0.25) is 0 Å². The summed E-state index contributed by atoms with van der Waals surface area (Å²) in [6.45, 7) is 4.45. The highest BCUT2D eigenvalue weighted by atomic mass is 16.3. The van der Waals surface area contributed by atoms with Crippen molar-refractivity contribution >= 4 is 0 Å². The molecule has 2 saturated carbocycles. The summed E-state index contributed by atoms with van der Waals surface area (Å²) in [5.41, 5.74) is -1.13. The molecule has 2 heteroatoms. The Morgan fingerprint density at radius 1 is 1.06 bits per heavy atom. The molecule has 0 aromatic carbocycles. The van der Waals surface area contributed by atoms with Gasteiger partial charge in [0.1, 0.15) is 0 Å². The van der Waals surface area contributed by atoms with Crippen LogP contribution < -0.4 is 0 Å². The average molecular weight is 221 g/mol. The van der Waals surface area contributed by atoms with Crippen molar-refractivity contribution in [2.75, 3.05) is 0 Å². The van der Waals surface area contributed by atoms with Crippen LogP contribution in [0.4, 0.5) is 0 Å². The van der Waals surface area contributed by atoms with Gasteiger partial charge in [-0.2, -0.15) is 5.26 Å². The SMILES string of the molecule is CC1CCC(O)(C2(C#N)CCC(C)C2)CC1. The van der Waals surface area contributed by atoms with Crippen molar-refractivity contribution in [3.05, 3.63) is 0 Å². The molecule has 0 aliphatic heterocycles. The van der Waals surface area contributed by atoms with Crippen LogP contribution in [0.5, 0.6) is 0 Å². The van der Waals surface area contributed by atoms with Gasteiger partial charge in [0.2, 0.25) is 0 Å². The monoisotopic (exact) mass is 221 g/mol. The third kappa shape index (κ3) is 1.76. The van der Waals surface area contributed by atoms with Crippen LogP contribution in [0.1, 0.15) is 58.8 Å². The molecule has 0 aromatic heterocycles. The molecule has 2 nitrogen and oxygen atoms in total. The Morgan fingerprint density at radius 2 is 1.62 bits per heavy atom. The van der Waals surface area contributed by atoms with Crippen LogP contribution in [0.15, 0.2) is 0 Å². The van der Waals surface area contributed by atoms with Crippen LogP contribution in [0.25, 0.3) is 0 Å². The summed E-state index contributed by atoms with van der Waals surface area (Å²) < 4.78 is 0. The second kappa shape index (κ2) is 4.04. The first-order valence-corrected chi connectivity index (χ1v) is 6.65. The van der Waals surface area contributed by atoms with Crippen LogP contribution >= 0.6 is 0 Å². The summed E-state index contributed by atoms with van der Waals surface area (Å²) in [6.07, 6.45) is 6.71. The zero-order valence-electron chi connectivity index (χ0n) is 10.5. The van der Waals surface area contributed by atoms with Crippen LogP contribution in [0.3, 0.4) is 0 Å². The van der Waals surface area contributed by atoms with E-state index < -0.39 is 11.0 Å². The number of aliphatic hydroxyl groups is 1. The maximum Gasteiger partial charge on any atom is 0.0862 e. The topological polar surface area (TPSA) is 44.0 Å². The molecule has 2 fully saturated rings. The van der Waals surface area contributed by atoms with E-state index in [2.05, 4.69) is 19.9 Å². The van der Waals surface area contributed by atoms with Gasteiger partial charge in [-0.15, -0.1) is 0 Å². The van der Waals surface area contributed by atoms with E-state index in [1.54, 1.807) is 0 Å². The summed E-state index contributed by atoms with van der Waals surface area (Å²) in [5.74, 6) is 1.32. The molecular weight excluding hydrogens is 198 g/mol. The van der Waals surface area contributed by atoms with Crippen LogP contribution in [0, 0.1) is 28.6 Å². The minimum Gasteiger partial charge on any atom is -0.388 e. The maximum atomic E-state index is 10.8. The quantitative estimate of drug-likeness (QED) is 0.738. The molecule has 0 amide bonds. The third-order valence-electron chi connectivity index (χ3n) is 4.97. The van der Waals surface area contributed by atoms with Gasteiger partial charge < -0.3 is 5.11 Å². The lowest BCUT2D eigenvalue weighted by Gasteiger charge is -2.44. The van der Waals surface area contributed by atoms with Crippen molar-refractivity contribution in [3.63, 3.8) is 0 Å². The molecule has 2 aliphatic rings. The lowest BCUT2D eigenvalue weighted by Crippen LogP contribution is -2.48. The number of rotatable bonds is 1. The van der Waals surface area contributed by atoms with E-state index in [4.69, 9.17) is 0 Å². The fraction of sp³-hybridized carbons (Fsp3) is 0.929. The molecule has 2 atom stereocenters. The van der Waals surface area contributed by atoms with Crippen LogP contribution in [-0.4, -0.2) is 10.7 Å². The Balaban J connectivity index is 2.18. The first-order valence-electron chi connectivity index (χ1n) is 6.65. The molecule has 2 aliphatic carbocycles. The van der Waals surface area contributed by atoms with E-state index in [-0.39, 0.29) is 0 Å². The Hall–Kier alpha value is -0.550. The summed E-state index contributed by atoms with van der Waals surface area (Å²) in [6, 6.07) is 2.48. The average Bonchev–Trinajstić information content (AvgIpc) is 2.66. The zero-order chi connectivity index (χ0) is 11.8. The van der Waals surface area contributed by atoms with Crippen LogP contribution in [-0.2, 0) is 0 Å². The van der Waals surface area contributed by atoms with Crippen LogP contribution in [0.2, 0.25) is 0 Å². The maximum absolute atomic E-state index is 10.8. The highest BCUT2D eigenvalue weighted by molar-refractivity contribution is 5.15. The largest absolute Gasteiger partial charge is 0.388 e. The fourth-order valence-corrected chi connectivity index (χ4v) is 3.64. The molecule has 0 spiro atoms. The standard InChI is InChI=1S/C14H23NO/c1-11-4-7-14(16,8-5-11)13(10-15)6-3-12(2)9-13/h11-12,16H,3-9H2,1-2H3. The molecule has 0 bridgehead atoms. The first kappa shape index (κ1) is 11.9. The first-order chi connectivity index (χ1) is 7.51. The van der Waals surface area contributed by atoms with Crippen molar-refractivity contribution in [1.29, 1.82) is 5.26 Å². The van der Waals surface area contributed by atoms with Gasteiger partial charge in [0.05, 0.1) is 17.1 Å². The molecule has 0 radical (unpaired) electrons. The van der Waals surface area contributed by atoms with E-state index in [1.165, 1.54) is 0 Å². The zero-order valence-corrected chi connectivity index (χ0v) is 10.5.